The van der Waals surface area contributed by atoms with Gasteiger partial charge in [-0.3, -0.25) is 24.2 Å². The molecule has 3 aromatic heterocycles. The highest BCUT2D eigenvalue weighted by atomic mass is 16.2. The molecule has 4 heterocycles. The minimum absolute atomic E-state index is 0.0000555. The maximum atomic E-state index is 12.9. The summed E-state index contributed by atoms with van der Waals surface area (Å²) < 4.78 is 1.78. The van der Waals surface area contributed by atoms with Gasteiger partial charge in [-0.05, 0) is 43.5 Å². The third-order valence-corrected chi connectivity index (χ3v) is 5.01. The fourth-order valence-electron chi connectivity index (χ4n) is 3.56. The van der Waals surface area contributed by atoms with Crippen LogP contribution in [0.15, 0.2) is 61.4 Å². The highest BCUT2D eigenvalue weighted by Crippen LogP contribution is 2.21. The first-order valence-corrected chi connectivity index (χ1v) is 9.65. The van der Waals surface area contributed by atoms with Crippen molar-refractivity contribution >= 4 is 17.5 Å². The molecule has 3 aromatic rings. The number of nitrogens with one attached hydrogen (secondary N) is 1. The SMILES string of the molecule is O=C(Nc1cnn(C[C@@H]2CCCCN2C(=O)c2cccnc2)c1)c1cccnc1. The van der Waals surface area contributed by atoms with Gasteiger partial charge in [0.2, 0.25) is 0 Å². The minimum Gasteiger partial charge on any atom is -0.334 e. The Kier molecular flexibility index (Phi) is 5.60. The van der Waals surface area contributed by atoms with Crippen LogP contribution in [0.5, 0.6) is 0 Å². The van der Waals surface area contributed by atoms with Crippen molar-refractivity contribution in [2.75, 3.05) is 11.9 Å². The van der Waals surface area contributed by atoms with Gasteiger partial charge < -0.3 is 10.2 Å². The zero-order valence-electron chi connectivity index (χ0n) is 15.9. The maximum absolute atomic E-state index is 12.9. The first kappa shape index (κ1) is 18.8. The smallest absolute Gasteiger partial charge is 0.257 e. The number of nitrogens with zero attached hydrogens (tertiary/aromatic N) is 5. The lowest BCUT2D eigenvalue weighted by Gasteiger charge is -2.35. The normalized spacial score (nSPS) is 16.4. The monoisotopic (exact) mass is 390 g/mol. The predicted molar refractivity (Wildman–Crippen MR) is 107 cm³/mol. The Morgan fingerprint density at radius 2 is 1.79 bits per heavy atom. The van der Waals surface area contributed by atoms with Crippen LogP contribution in [0.1, 0.15) is 40.0 Å². The van der Waals surface area contributed by atoms with Gasteiger partial charge >= 0.3 is 0 Å². The molecular formula is C21H22N6O2. The van der Waals surface area contributed by atoms with Gasteiger partial charge in [-0.15, -0.1) is 0 Å². The van der Waals surface area contributed by atoms with E-state index in [9.17, 15) is 9.59 Å². The van der Waals surface area contributed by atoms with E-state index in [1.807, 2.05) is 4.90 Å². The Bertz CT molecular complexity index is 973. The molecule has 1 aliphatic heterocycles. The van der Waals surface area contributed by atoms with E-state index in [4.69, 9.17) is 0 Å². The van der Waals surface area contributed by atoms with Crippen molar-refractivity contribution in [3.63, 3.8) is 0 Å². The Balaban J connectivity index is 1.43. The van der Waals surface area contributed by atoms with Crippen molar-refractivity contribution in [2.24, 2.45) is 0 Å². The molecule has 0 radical (unpaired) electrons. The first-order chi connectivity index (χ1) is 14.2. The van der Waals surface area contributed by atoms with Crippen molar-refractivity contribution in [3.05, 3.63) is 72.6 Å². The molecule has 0 aromatic carbocycles. The van der Waals surface area contributed by atoms with Crippen LogP contribution in [0.2, 0.25) is 0 Å². The van der Waals surface area contributed by atoms with Gasteiger partial charge in [0.1, 0.15) is 0 Å². The zero-order chi connectivity index (χ0) is 20.1. The fourth-order valence-corrected chi connectivity index (χ4v) is 3.56. The molecule has 1 N–H and O–H groups in total. The number of carbonyl (C=O) groups excluding carboxylic acids is 2. The van der Waals surface area contributed by atoms with E-state index < -0.39 is 0 Å². The third-order valence-electron chi connectivity index (χ3n) is 5.01. The molecule has 0 unspecified atom stereocenters. The average Bonchev–Trinajstić information content (AvgIpc) is 3.21. The molecule has 2 amide bonds. The van der Waals surface area contributed by atoms with E-state index in [1.54, 1.807) is 59.9 Å². The van der Waals surface area contributed by atoms with Crippen molar-refractivity contribution in [1.82, 2.24) is 24.6 Å². The Morgan fingerprint density at radius 3 is 2.52 bits per heavy atom. The Labute approximate surface area is 168 Å². The van der Waals surface area contributed by atoms with E-state index in [2.05, 4.69) is 20.4 Å². The van der Waals surface area contributed by atoms with Crippen LogP contribution in [-0.4, -0.2) is 49.0 Å². The number of anilines is 1. The molecule has 1 aliphatic rings. The molecule has 0 aliphatic carbocycles. The standard InChI is InChI=1S/C21H22N6O2/c28-20(16-5-3-8-22-11-16)25-18-13-24-26(14-18)15-19-7-1-2-10-27(19)21(29)17-6-4-9-23-12-17/h3-6,8-9,11-14,19H,1-2,7,10,15H2,(H,25,28)/t19-/m0/s1. The largest absolute Gasteiger partial charge is 0.334 e. The second kappa shape index (κ2) is 8.64. The summed E-state index contributed by atoms with van der Waals surface area (Å²) in [6.45, 7) is 1.30. The van der Waals surface area contributed by atoms with Crippen molar-refractivity contribution in [2.45, 2.75) is 31.8 Å². The number of likely N-dealkylation sites (tertiary alicyclic amines) is 1. The first-order valence-electron chi connectivity index (χ1n) is 9.65. The molecule has 1 fully saturated rings. The average molecular weight is 390 g/mol. The van der Waals surface area contributed by atoms with Gasteiger partial charge in [-0.25, -0.2) is 0 Å². The number of hydrogen-bond donors (Lipinski definition) is 1. The number of amides is 2. The third kappa shape index (κ3) is 4.48. The Hall–Kier alpha value is -3.55. The van der Waals surface area contributed by atoms with Gasteiger partial charge in [0, 0.05) is 37.5 Å². The molecule has 0 spiro atoms. The maximum Gasteiger partial charge on any atom is 0.257 e. The number of carbonyl (C=O) groups is 2. The Morgan fingerprint density at radius 1 is 1.03 bits per heavy atom. The van der Waals surface area contributed by atoms with Gasteiger partial charge in [0.05, 0.1) is 35.6 Å². The minimum atomic E-state index is -0.233. The lowest BCUT2D eigenvalue weighted by atomic mass is 10.0. The molecule has 4 rings (SSSR count). The molecule has 0 saturated carbocycles. The van der Waals surface area contributed by atoms with Crippen LogP contribution < -0.4 is 5.32 Å². The summed E-state index contributed by atoms with van der Waals surface area (Å²) in [5.41, 5.74) is 1.70. The molecule has 8 nitrogen and oxygen atoms in total. The van der Waals surface area contributed by atoms with E-state index >= 15 is 0 Å². The van der Waals surface area contributed by atoms with E-state index in [1.165, 1.54) is 6.20 Å². The second-order valence-corrected chi connectivity index (χ2v) is 7.04. The van der Waals surface area contributed by atoms with Crippen LogP contribution in [0.25, 0.3) is 0 Å². The summed E-state index contributed by atoms with van der Waals surface area (Å²) in [7, 11) is 0. The number of aromatic nitrogens is 4. The molecule has 8 heteroatoms. The highest BCUT2D eigenvalue weighted by molar-refractivity contribution is 6.03. The van der Waals surface area contributed by atoms with Crippen LogP contribution >= 0.6 is 0 Å². The summed E-state index contributed by atoms with van der Waals surface area (Å²) in [4.78, 5) is 35.1. The van der Waals surface area contributed by atoms with E-state index in [0.717, 1.165) is 25.8 Å². The van der Waals surface area contributed by atoms with Crippen molar-refractivity contribution in [3.8, 4) is 0 Å². The van der Waals surface area contributed by atoms with Gasteiger partial charge in [0.25, 0.3) is 11.8 Å². The highest BCUT2D eigenvalue weighted by Gasteiger charge is 2.28. The number of pyridine rings is 2. The molecular weight excluding hydrogens is 368 g/mol. The quantitative estimate of drug-likeness (QED) is 0.723. The molecule has 1 saturated heterocycles. The van der Waals surface area contributed by atoms with Crippen LogP contribution in [0.3, 0.4) is 0 Å². The number of rotatable bonds is 5. The van der Waals surface area contributed by atoms with Gasteiger partial charge in [-0.2, -0.15) is 5.10 Å². The van der Waals surface area contributed by atoms with Crippen molar-refractivity contribution < 1.29 is 9.59 Å². The number of piperidine rings is 1. The zero-order valence-corrected chi connectivity index (χ0v) is 15.9. The second-order valence-electron chi connectivity index (χ2n) is 7.04. The fraction of sp³-hybridized carbons (Fsp3) is 0.286. The van der Waals surface area contributed by atoms with Crippen molar-refractivity contribution in [1.29, 1.82) is 0 Å². The number of hydrogen-bond acceptors (Lipinski definition) is 5. The van der Waals surface area contributed by atoms with E-state index in [0.29, 0.717) is 23.4 Å². The topological polar surface area (TPSA) is 93.0 Å². The molecule has 148 valence electrons. The lowest BCUT2D eigenvalue weighted by Crippen LogP contribution is -2.46. The lowest BCUT2D eigenvalue weighted by molar-refractivity contribution is 0.0583. The molecule has 29 heavy (non-hydrogen) atoms. The van der Waals surface area contributed by atoms with Crippen LogP contribution in [0, 0.1) is 0 Å². The summed E-state index contributed by atoms with van der Waals surface area (Å²) in [5, 5.41) is 7.18. The predicted octanol–water partition coefficient (Wildman–Crippen LogP) is 2.62. The molecule has 0 bridgehead atoms. The summed E-state index contributed by atoms with van der Waals surface area (Å²) >= 11 is 0. The van der Waals surface area contributed by atoms with Crippen LogP contribution in [-0.2, 0) is 6.54 Å². The van der Waals surface area contributed by atoms with E-state index in [-0.39, 0.29) is 17.9 Å². The summed E-state index contributed by atoms with van der Waals surface area (Å²) in [6.07, 6.45) is 12.8. The summed E-state index contributed by atoms with van der Waals surface area (Å²) in [6, 6.07) is 7.04. The van der Waals surface area contributed by atoms with Gasteiger partial charge in [-0.1, -0.05) is 0 Å². The van der Waals surface area contributed by atoms with Gasteiger partial charge in [0.15, 0.2) is 0 Å². The molecule has 1 atom stereocenters. The summed E-state index contributed by atoms with van der Waals surface area (Å²) in [5.74, 6) is -0.233. The van der Waals surface area contributed by atoms with Crippen LogP contribution in [0.4, 0.5) is 5.69 Å².